The third-order valence-corrected chi connectivity index (χ3v) is 3.84. The summed E-state index contributed by atoms with van der Waals surface area (Å²) in [5.74, 6) is -1.00. The van der Waals surface area contributed by atoms with Crippen molar-refractivity contribution >= 4 is 17.3 Å². The Morgan fingerprint density at radius 3 is 2.64 bits per heavy atom. The maximum atomic E-state index is 13.0. The molecule has 0 radical (unpaired) electrons. The summed E-state index contributed by atoms with van der Waals surface area (Å²) < 4.78 is 18.5. The van der Waals surface area contributed by atoms with E-state index in [2.05, 4.69) is 9.98 Å². The van der Waals surface area contributed by atoms with Crippen LogP contribution in [0.1, 0.15) is 33.9 Å². The molecule has 0 aliphatic heterocycles. The zero-order valence-electron chi connectivity index (χ0n) is 14.1. The Hall–Kier alpha value is -2.67. The topological polar surface area (TPSA) is 75.8 Å². The van der Waals surface area contributed by atoms with E-state index in [1.54, 1.807) is 0 Å². The summed E-state index contributed by atoms with van der Waals surface area (Å²) in [5, 5.41) is 0. The number of carbonyl (C=O) groups is 2. The molecule has 3 rings (SSSR count). The molecule has 0 N–H and O–H groups in total. The zero-order chi connectivity index (χ0) is 18.0. The highest BCUT2D eigenvalue weighted by atomic mass is 19.1. The fourth-order valence-corrected chi connectivity index (χ4v) is 2.56. The van der Waals surface area contributed by atoms with Crippen LogP contribution in [0.4, 0.5) is 4.39 Å². The molecule has 0 saturated carbocycles. The number of ketones is 2. The number of aromatic nitrogens is 1. The summed E-state index contributed by atoms with van der Waals surface area (Å²) in [5.41, 5.74) is 0.706. The van der Waals surface area contributed by atoms with Crippen molar-refractivity contribution in [3.8, 4) is 11.5 Å². The summed E-state index contributed by atoms with van der Waals surface area (Å²) >= 11 is 0. The zero-order valence-corrected chi connectivity index (χ0v) is 14.1. The van der Waals surface area contributed by atoms with Gasteiger partial charge in [-0.3, -0.25) is 14.6 Å². The molecule has 0 atom stereocenters. The van der Waals surface area contributed by atoms with Crippen LogP contribution in [-0.2, 0) is 0 Å². The second-order valence-electron chi connectivity index (χ2n) is 6.12. The first-order valence-electron chi connectivity index (χ1n) is 7.98. The lowest BCUT2D eigenvalue weighted by molar-refractivity contribution is 0.0940. The molecule has 7 heteroatoms. The number of benzene rings is 1. The van der Waals surface area contributed by atoms with E-state index in [9.17, 15) is 14.0 Å². The van der Waals surface area contributed by atoms with Gasteiger partial charge in [0.25, 0.3) is 0 Å². The largest absolute Gasteiger partial charge is 0.432 e. The minimum Gasteiger partial charge on any atom is -0.432 e. The minimum atomic E-state index is -0.389. The number of rotatable bonds is 5. The maximum absolute atomic E-state index is 13.0. The van der Waals surface area contributed by atoms with Crippen LogP contribution in [0, 0.1) is 5.82 Å². The molecule has 1 aliphatic rings. The summed E-state index contributed by atoms with van der Waals surface area (Å²) in [6.45, 7) is 1.33. The number of carbonyl (C=O) groups excluding carboxylic acids is 2. The number of halogens is 1. The molecule has 130 valence electrons. The summed E-state index contributed by atoms with van der Waals surface area (Å²) in [7, 11) is 3.92. The number of Topliss-reactive ketones (excluding diaryl/α,β-unsaturated/α-hetero) is 2. The Kier molecular flexibility index (Phi) is 4.85. The molecule has 6 nitrogen and oxygen atoms in total. The van der Waals surface area contributed by atoms with E-state index < -0.39 is 0 Å². The normalized spacial score (nSPS) is 15.9. The number of hydrogen-bond acceptors (Lipinski definition) is 6. The van der Waals surface area contributed by atoms with Crippen molar-refractivity contribution in [2.75, 3.05) is 27.2 Å². The Balaban J connectivity index is 1.83. The van der Waals surface area contributed by atoms with Gasteiger partial charge in [0.15, 0.2) is 5.69 Å². The second kappa shape index (κ2) is 7.06. The molecular weight excluding hydrogens is 325 g/mol. The fraction of sp³-hybridized carbons (Fsp3) is 0.333. The van der Waals surface area contributed by atoms with Gasteiger partial charge in [-0.1, -0.05) is 0 Å². The first-order valence-corrected chi connectivity index (χ1v) is 7.98. The Morgan fingerprint density at radius 1 is 1.24 bits per heavy atom. The van der Waals surface area contributed by atoms with Crippen LogP contribution < -0.4 is 0 Å². The summed E-state index contributed by atoms with van der Waals surface area (Å²) in [4.78, 5) is 35.2. The molecule has 1 aliphatic carbocycles. The van der Waals surface area contributed by atoms with Crippen molar-refractivity contribution in [3.63, 3.8) is 0 Å². The number of hydrogen-bond donors (Lipinski definition) is 0. The lowest BCUT2D eigenvalue weighted by Crippen LogP contribution is -2.27. The van der Waals surface area contributed by atoms with Crippen LogP contribution in [0.25, 0.3) is 11.5 Å². The number of nitrogens with zero attached hydrogens (tertiary/aromatic N) is 3. The van der Waals surface area contributed by atoms with E-state index in [-0.39, 0.29) is 46.9 Å². The van der Waals surface area contributed by atoms with Gasteiger partial charge in [0.2, 0.25) is 23.2 Å². The van der Waals surface area contributed by atoms with Crippen LogP contribution in [0.5, 0.6) is 0 Å². The van der Waals surface area contributed by atoms with Crippen molar-refractivity contribution < 1.29 is 18.4 Å². The minimum absolute atomic E-state index is 0.0121. The van der Waals surface area contributed by atoms with Crippen molar-refractivity contribution in [2.24, 2.45) is 4.99 Å². The van der Waals surface area contributed by atoms with Gasteiger partial charge in [-0.05, 0) is 51.3 Å². The smallest absolute Gasteiger partial charge is 0.229 e. The lowest BCUT2D eigenvalue weighted by atomic mass is 9.97. The van der Waals surface area contributed by atoms with Crippen LogP contribution in [0.2, 0.25) is 0 Å². The lowest BCUT2D eigenvalue weighted by Gasteiger charge is -2.10. The number of aliphatic imine (C=N–C) groups is 1. The van der Waals surface area contributed by atoms with Gasteiger partial charge in [0, 0.05) is 12.1 Å². The van der Waals surface area contributed by atoms with Gasteiger partial charge in [-0.2, -0.15) is 0 Å². The molecular formula is C18H18FN3O3. The van der Waals surface area contributed by atoms with Crippen LogP contribution in [0.3, 0.4) is 0 Å². The van der Waals surface area contributed by atoms with Gasteiger partial charge in [-0.15, -0.1) is 0 Å². The first-order chi connectivity index (χ1) is 12.0. The Bertz CT molecular complexity index is 838. The van der Waals surface area contributed by atoms with Gasteiger partial charge in [0.05, 0.1) is 12.1 Å². The SMILES string of the molecule is CN(C)CCCN=C1CC(=O)c2oc(-c3ccc(F)cc3)nc2C1=O. The molecule has 1 aromatic heterocycles. The monoisotopic (exact) mass is 343 g/mol. The predicted octanol–water partition coefficient (Wildman–Crippen LogP) is 2.64. The Morgan fingerprint density at radius 2 is 1.96 bits per heavy atom. The van der Waals surface area contributed by atoms with Crippen LogP contribution >= 0.6 is 0 Å². The fourth-order valence-electron chi connectivity index (χ4n) is 2.56. The summed E-state index contributed by atoms with van der Waals surface area (Å²) in [6.07, 6.45) is 0.719. The van der Waals surface area contributed by atoms with Gasteiger partial charge < -0.3 is 9.32 Å². The highest BCUT2D eigenvalue weighted by Crippen LogP contribution is 2.27. The highest BCUT2D eigenvalue weighted by Gasteiger charge is 2.35. The first kappa shape index (κ1) is 17.2. The molecule has 0 amide bonds. The molecule has 0 fully saturated rings. The average molecular weight is 343 g/mol. The predicted molar refractivity (Wildman–Crippen MR) is 90.6 cm³/mol. The van der Waals surface area contributed by atoms with Gasteiger partial charge >= 0.3 is 0 Å². The van der Waals surface area contributed by atoms with Gasteiger partial charge in [-0.25, -0.2) is 9.37 Å². The highest BCUT2D eigenvalue weighted by molar-refractivity contribution is 6.52. The van der Waals surface area contributed by atoms with E-state index in [4.69, 9.17) is 4.42 Å². The molecule has 1 aromatic carbocycles. The number of fused-ring (bicyclic) bond motifs is 1. The van der Waals surface area contributed by atoms with Crippen molar-refractivity contribution in [3.05, 3.63) is 41.5 Å². The molecule has 0 bridgehead atoms. The third kappa shape index (κ3) is 3.71. The van der Waals surface area contributed by atoms with Gasteiger partial charge in [0.1, 0.15) is 5.82 Å². The molecule has 2 aromatic rings. The van der Waals surface area contributed by atoms with Crippen LogP contribution in [0.15, 0.2) is 33.7 Å². The molecule has 0 spiro atoms. The maximum Gasteiger partial charge on any atom is 0.229 e. The van der Waals surface area contributed by atoms with Crippen molar-refractivity contribution in [1.29, 1.82) is 0 Å². The van der Waals surface area contributed by atoms with E-state index in [1.165, 1.54) is 24.3 Å². The van der Waals surface area contributed by atoms with E-state index in [0.29, 0.717) is 12.1 Å². The molecule has 25 heavy (non-hydrogen) atoms. The van der Waals surface area contributed by atoms with Crippen molar-refractivity contribution in [1.82, 2.24) is 9.88 Å². The van der Waals surface area contributed by atoms with E-state index >= 15 is 0 Å². The molecule has 0 unspecified atom stereocenters. The average Bonchev–Trinajstić information content (AvgIpc) is 3.02. The third-order valence-electron chi connectivity index (χ3n) is 3.84. The Labute approximate surface area is 144 Å². The molecule has 1 heterocycles. The standard InChI is InChI=1S/C18H18FN3O3/c1-22(2)9-3-8-20-13-10-14(23)17-15(16(13)24)21-18(25-17)11-4-6-12(19)7-5-11/h4-7H,3,8-10H2,1-2H3. The van der Waals surface area contributed by atoms with E-state index in [1.807, 2.05) is 19.0 Å². The van der Waals surface area contributed by atoms with Crippen LogP contribution in [-0.4, -0.2) is 54.3 Å². The summed E-state index contributed by atoms with van der Waals surface area (Å²) in [6, 6.07) is 5.50. The number of oxazole rings is 1. The second-order valence-corrected chi connectivity index (χ2v) is 6.12. The quantitative estimate of drug-likeness (QED) is 0.780. The van der Waals surface area contributed by atoms with E-state index in [0.717, 1.165) is 13.0 Å². The van der Waals surface area contributed by atoms with Crippen molar-refractivity contribution in [2.45, 2.75) is 12.8 Å². The molecule has 0 saturated heterocycles.